The van der Waals surface area contributed by atoms with Gasteiger partial charge in [0.25, 0.3) is 0 Å². The van der Waals surface area contributed by atoms with Gasteiger partial charge >= 0.3 is 0 Å². The topological polar surface area (TPSA) is 80.0 Å². The summed E-state index contributed by atoms with van der Waals surface area (Å²) in [5.74, 6) is 2.08. The highest BCUT2D eigenvalue weighted by Crippen LogP contribution is 2.23. The highest BCUT2D eigenvalue weighted by atomic mass is 35.5. The molecule has 1 aromatic carbocycles. The smallest absolute Gasteiger partial charge is 0.231 e. The fraction of sp³-hybridized carbons (Fsp3) is 0.550. The Morgan fingerprint density at radius 1 is 1.33 bits per heavy atom. The number of aromatic nitrogens is 2. The predicted molar refractivity (Wildman–Crippen MR) is 107 cm³/mol. The molecule has 1 aromatic heterocycles. The number of carbonyl (C=O) groups excluding carboxylic acids is 1. The first-order chi connectivity index (χ1) is 12.6. The lowest BCUT2D eigenvalue weighted by atomic mass is 9.85. The van der Waals surface area contributed by atoms with Gasteiger partial charge in [0, 0.05) is 6.42 Å². The van der Waals surface area contributed by atoms with Crippen LogP contribution in [-0.2, 0) is 11.2 Å². The number of hydrogen-bond acceptors (Lipinski definition) is 5. The van der Waals surface area contributed by atoms with Crippen LogP contribution in [0.5, 0.6) is 0 Å². The molecule has 0 aliphatic carbocycles. The van der Waals surface area contributed by atoms with Crippen molar-refractivity contribution in [3.63, 3.8) is 0 Å². The van der Waals surface area contributed by atoms with E-state index in [1.54, 1.807) is 0 Å². The van der Waals surface area contributed by atoms with Gasteiger partial charge in [0.1, 0.15) is 0 Å². The summed E-state index contributed by atoms with van der Waals surface area (Å²) in [5, 5.41) is 10.4. The lowest BCUT2D eigenvalue weighted by Crippen LogP contribution is -2.36. The summed E-state index contributed by atoms with van der Waals surface area (Å²) in [6.07, 6.45) is 3.52. The largest absolute Gasteiger partial charge is 0.346 e. The Morgan fingerprint density at radius 2 is 2.11 bits per heavy atom. The monoisotopic (exact) mass is 392 g/mol. The average molecular weight is 393 g/mol. The number of benzene rings is 1. The van der Waals surface area contributed by atoms with Crippen LogP contribution in [-0.4, -0.2) is 29.1 Å². The average Bonchev–Trinajstić information content (AvgIpc) is 3.12. The number of halogens is 1. The maximum Gasteiger partial charge on any atom is 0.231 e. The van der Waals surface area contributed by atoms with E-state index >= 15 is 0 Å². The summed E-state index contributed by atoms with van der Waals surface area (Å²) in [4.78, 5) is 16.8. The van der Waals surface area contributed by atoms with E-state index in [1.165, 1.54) is 12.8 Å². The van der Waals surface area contributed by atoms with Crippen LogP contribution >= 0.6 is 12.4 Å². The van der Waals surface area contributed by atoms with Crippen molar-refractivity contribution < 1.29 is 9.32 Å². The van der Waals surface area contributed by atoms with Crippen molar-refractivity contribution in [3.05, 3.63) is 47.6 Å². The second-order valence-corrected chi connectivity index (χ2v) is 7.29. The molecule has 0 spiro atoms. The first-order valence-corrected chi connectivity index (χ1v) is 9.48. The molecular weight excluding hydrogens is 364 g/mol. The third-order valence-electron chi connectivity index (χ3n) is 5.09. The van der Waals surface area contributed by atoms with Crippen molar-refractivity contribution in [2.75, 3.05) is 13.1 Å². The quantitative estimate of drug-likeness (QED) is 0.755. The fourth-order valence-electron chi connectivity index (χ4n) is 3.47. The number of hydrogen-bond donors (Lipinski definition) is 2. The molecule has 1 amide bonds. The van der Waals surface area contributed by atoms with Crippen LogP contribution in [0.1, 0.15) is 56.4 Å². The molecule has 1 saturated heterocycles. The molecule has 0 radical (unpaired) electrons. The standard InChI is InChI=1S/C20H28N4O2.ClH/c1-14(17-9-6-10-21-13-17)11-18(25)22-15(2)20-23-19(26-24-20)12-16-7-4-3-5-8-16;/h3-5,7-8,14-15,17,21H,6,9-13H2,1-2H3,(H,22,25);1H. The highest BCUT2D eigenvalue weighted by Gasteiger charge is 2.23. The molecule has 1 aliphatic heterocycles. The fourth-order valence-corrected chi connectivity index (χ4v) is 3.47. The molecule has 7 heteroatoms. The number of rotatable bonds is 7. The highest BCUT2D eigenvalue weighted by molar-refractivity contribution is 5.85. The molecule has 0 bridgehead atoms. The lowest BCUT2D eigenvalue weighted by molar-refractivity contribution is -0.123. The Labute approximate surface area is 166 Å². The van der Waals surface area contributed by atoms with Crippen LogP contribution in [0.25, 0.3) is 0 Å². The number of nitrogens with zero attached hydrogens (tertiary/aromatic N) is 2. The van der Waals surface area contributed by atoms with E-state index in [-0.39, 0.29) is 24.4 Å². The lowest BCUT2D eigenvalue weighted by Gasteiger charge is -2.28. The number of amides is 1. The van der Waals surface area contributed by atoms with Gasteiger partial charge in [-0.25, -0.2) is 0 Å². The van der Waals surface area contributed by atoms with Crippen molar-refractivity contribution in [3.8, 4) is 0 Å². The van der Waals surface area contributed by atoms with E-state index in [2.05, 4.69) is 27.7 Å². The van der Waals surface area contributed by atoms with Crippen molar-refractivity contribution in [1.82, 2.24) is 20.8 Å². The van der Waals surface area contributed by atoms with Crippen LogP contribution in [0.4, 0.5) is 0 Å². The Balaban J connectivity index is 0.00000261. The summed E-state index contributed by atoms with van der Waals surface area (Å²) in [6, 6.07) is 9.74. The molecule has 2 heterocycles. The van der Waals surface area contributed by atoms with Crippen LogP contribution in [0, 0.1) is 11.8 Å². The Bertz CT molecular complexity index is 701. The number of nitrogens with one attached hydrogen (secondary N) is 2. The predicted octanol–water partition coefficient (Wildman–Crippen LogP) is 3.29. The van der Waals surface area contributed by atoms with Crippen LogP contribution in [0.3, 0.4) is 0 Å². The SMILES string of the molecule is CC(NC(=O)CC(C)C1CCCNC1)c1noc(Cc2ccccc2)n1.Cl. The maximum absolute atomic E-state index is 12.4. The summed E-state index contributed by atoms with van der Waals surface area (Å²) < 4.78 is 5.33. The minimum Gasteiger partial charge on any atom is -0.346 e. The molecule has 3 rings (SSSR count). The third kappa shape index (κ3) is 6.33. The summed E-state index contributed by atoms with van der Waals surface area (Å²) in [7, 11) is 0. The van der Waals surface area contributed by atoms with E-state index in [9.17, 15) is 4.79 Å². The number of carbonyl (C=O) groups is 1. The van der Waals surface area contributed by atoms with Gasteiger partial charge in [-0.05, 0) is 50.3 Å². The van der Waals surface area contributed by atoms with Crippen molar-refractivity contribution in [2.45, 2.75) is 45.6 Å². The van der Waals surface area contributed by atoms with Crippen LogP contribution in [0.2, 0.25) is 0 Å². The van der Waals surface area contributed by atoms with E-state index in [0.29, 0.717) is 36.4 Å². The van der Waals surface area contributed by atoms with E-state index in [4.69, 9.17) is 4.52 Å². The zero-order valence-electron chi connectivity index (χ0n) is 16.0. The molecule has 27 heavy (non-hydrogen) atoms. The summed E-state index contributed by atoms with van der Waals surface area (Å²) in [6.45, 7) is 6.16. The maximum atomic E-state index is 12.4. The molecule has 1 fully saturated rings. The Kier molecular flexibility index (Phi) is 8.25. The molecule has 1 aliphatic rings. The van der Waals surface area contributed by atoms with Gasteiger partial charge in [-0.15, -0.1) is 12.4 Å². The summed E-state index contributed by atoms with van der Waals surface area (Å²) >= 11 is 0. The normalized spacial score (nSPS) is 19.0. The van der Waals surface area contributed by atoms with E-state index < -0.39 is 0 Å². The van der Waals surface area contributed by atoms with Gasteiger partial charge in [0.05, 0.1) is 12.5 Å². The number of piperidine rings is 1. The third-order valence-corrected chi connectivity index (χ3v) is 5.09. The minimum absolute atomic E-state index is 0. The molecule has 2 N–H and O–H groups in total. The first-order valence-electron chi connectivity index (χ1n) is 9.48. The molecule has 0 saturated carbocycles. The first kappa shape index (κ1) is 21.4. The molecule has 2 aromatic rings. The van der Waals surface area contributed by atoms with Crippen LogP contribution in [0.15, 0.2) is 34.9 Å². The molecule has 3 unspecified atom stereocenters. The molecular formula is C20H29ClN4O2. The van der Waals surface area contributed by atoms with Gasteiger partial charge in [-0.3, -0.25) is 4.79 Å². The van der Waals surface area contributed by atoms with Gasteiger partial charge < -0.3 is 15.2 Å². The van der Waals surface area contributed by atoms with Gasteiger partial charge in [-0.2, -0.15) is 4.98 Å². The van der Waals surface area contributed by atoms with Crippen molar-refractivity contribution >= 4 is 18.3 Å². The summed E-state index contributed by atoms with van der Waals surface area (Å²) in [5.41, 5.74) is 1.12. The van der Waals surface area contributed by atoms with Gasteiger partial charge in [-0.1, -0.05) is 42.4 Å². The Hall–Kier alpha value is -1.92. The molecule has 148 valence electrons. The second-order valence-electron chi connectivity index (χ2n) is 7.29. The molecule has 3 atom stereocenters. The van der Waals surface area contributed by atoms with Gasteiger partial charge in [0.15, 0.2) is 5.82 Å². The van der Waals surface area contributed by atoms with Crippen molar-refractivity contribution in [1.29, 1.82) is 0 Å². The van der Waals surface area contributed by atoms with Crippen LogP contribution < -0.4 is 10.6 Å². The van der Waals surface area contributed by atoms with E-state index in [1.807, 2.05) is 37.3 Å². The van der Waals surface area contributed by atoms with E-state index in [0.717, 1.165) is 18.7 Å². The van der Waals surface area contributed by atoms with Gasteiger partial charge in [0.2, 0.25) is 11.8 Å². The zero-order valence-corrected chi connectivity index (χ0v) is 16.8. The zero-order chi connectivity index (χ0) is 18.4. The van der Waals surface area contributed by atoms with Crippen molar-refractivity contribution in [2.24, 2.45) is 11.8 Å². The minimum atomic E-state index is -0.257. The molecule has 6 nitrogen and oxygen atoms in total. The second kappa shape index (κ2) is 10.4. The Morgan fingerprint density at radius 3 is 2.81 bits per heavy atom.